The highest BCUT2D eigenvalue weighted by atomic mass is 19.2. The van der Waals surface area contributed by atoms with Crippen LogP contribution in [0.5, 0.6) is 0 Å². The number of halogens is 1. The molecule has 0 amide bonds. The fourth-order valence-electron chi connectivity index (χ4n) is 0.768. The number of rotatable bonds is 4. The maximum absolute atomic E-state index is 12.3. The molecule has 0 N–H and O–H groups in total. The molecule has 0 spiro atoms. The van der Waals surface area contributed by atoms with Crippen molar-refractivity contribution in [2.45, 2.75) is 26.3 Å². The van der Waals surface area contributed by atoms with Crippen molar-refractivity contribution in [3.05, 3.63) is 0 Å². The summed E-state index contributed by atoms with van der Waals surface area (Å²) >= 11 is 0. The number of hydrogen-bond donors (Lipinski definition) is 0. The first-order valence-electron chi connectivity index (χ1n) is 3.41. The van der Waals surface area contributed by atoms with Gasteiger partial charge in [-0.2, -0.15) is 0 Å². The molecule has 0 saturated carbocycles. The summed E-state index contributed by atoms with van der Waals surface area (Å²) in [6, 6.07) is -0.569. The van der Waals surface area contributed by atoms with E-state index in [1.807, 2.05) is 13.8 Å². The Morgan fingerprint density at radius 2 is 2.10 bits per heavy atom. The van der Waals surface area contributed by atoms with Crippen LogP contribution in [-0.4, -0.2) is 24.5 Å². The van der Waals surface area contributed by atoms with E-state index >= 15 is 0 Å². The van der Waals surface area contributed by atoms with Crippen LogP contribution in [0.3, 0.4) is 0 Å². The van der Waals surface area contributed by atoms with Crippen LogP contribution in [0, 0.1) is 5.92 Å². The first-order chi connectivity index (χ1) is 4.57. The summed E-state index contributed by atoms with van der Waals surface area (Å²) < 4.78 is 12.3. The summed E-state index contributed by atoms with van der Waals surface area (Å²) in [5, 5.41) is 0.451. The van der Waals surface area contributed by atoms with Crippen molar-refractivity contribution in [1.29, 1.82) is 0 Å². The van der Waals surface area contributed by atoms with Crippen molar-refractivity contribution >= 4 is 6.29 Å². The van der Waals surface area contributed by atoms with Crippen LogP contribution in [0.15, 0.2) is 0 Å². The highest BCUT2D eigenvalue weighted by Crippen LogP contribution is 2.07. The largest absolute Gasteiger partial charge is 0.302 e. The summed E-state index contributed by atoms with van der Waals surface area (Å²) in [4.78, 5) is 10.2. The number of carbonyl (C=O) groups is 1. The Morgan fingerprint density at radius 1 is 1.60 bits per heavy atom. The van der Waals surface area contributed by atoms with Crippen LogP contribution in [-0.2, 0) is 4.79 Å². The van der Waals surface area contributed by atoms with Gasteiger partial charge in [-0.25, -0.2) is 0 Å². The molecule has 3 heteroatoms. The van der Waals surface area contributed by atoms with E-state index in [-0.39, 0.29) is 0 Å². The quantitative estimate of drug-likeness (QED) is 0.442. The second kappa shape index (κ2) is 4.39. The fraction of sp³-hybridized carbons (Fsp3) is 0.857. The lowest BCUT2D eigenvalue weighted by Crippen LogP contribution is -2.27. The van der Waals surface area contributed by atoms with Gasteiger partial charge < -0.3 is 4.79 Å². The van der Waals surface area contributed by atoms with E-state index in [0.29, 0.717) is 23.7 Å². The molecule has 0 aromatic heterocycles. The maximum atomic E-state index is 12.3. The lowest BCUT2D eigenvalue weighted by atomic mass is 10.1. The SMILES string of the molecule is CC(C)CC(C=O)N(C)F. The van der Waals surface area contributed by atoms with Crippen LogP contribution in [0.4, 0.5) is 4.48 Å². The zero-order valence-corrected chi connectivity index (χ0v) is 6.67. The molecule has 60 valence electrons. The molecule has 0 aliphatic carbocycles. The molecule has 2 nitrogen and oxygen atoms in total. The van der Waals surface area contributed by atoms with Crippen LogP contribution in [0.25, 0.3) is 0 Å². The van der Waals surface area contributed by atoms with Gasteiger partial charge in [0, 0.05) is 7.05 Å². The summed E-state index contributed by atoms with van der Waals surface area (Å²) in [5.41, 5.74) is 0. The number of likely N-dealkylation sites (N-methyl/N-ethyl adjacent to an activating group) is 1. The highest BCUT2D eigenvalue weighted by molar-refractivity contribution is 5.57. The Bertz CT molecular complexity index is 104. The van der Waals surface area contributed by atoms with Crippen LogP contribution in [0.1, 0.15) is 20.3 Å². The van der Waals surface area contributed by atoms with Gasteiger partial charge in [0.15, 0.2) is 0 Å². The van der Waals surface area contributed by atoms with Crippen LogP contribution in [0.2, 0.25) is 0 Å². The van der Waals surface area contributed by atoms with Gasteiger partial charge in [0.1, 0.15) is 6.29 Å². The minimum atomic E-state index is -0.569. The molecule has 0 aromatic carbocycles. The maximum Gasteiger partial charge on any atom is 0.139 e. The van der Waals surface area contributed by atoms with Crippen molar-refractivity contribution in [2.24, 2.45) is 5.92 Å². The standard InChI is InChI=1S/C7H14FNO/c1-6(2)4-7(5-10)9(3)8/h5-7H,4H2,1-3H3. The van der Waals surface area contributed by atoms with Crippen LogP contribution >= 0.6 is 0 Å². The van der Waals surface area contributed by atoms with Gasteiger partial charge in [-0.15, -0.1) is 9.60 Å². The molecule has 10 heavy (non-hydrogen) atoms. The Kier molecular flexibility index (Phi) is 4.19. The van der Waals surface area contributed by atoms with Crippen LogP contribution < -0.4 is 0 Å². The van der Waals surface area contributed by atoms with E-state index in [4.69, 9.17) is 0 Å². The Labute approximate surface area is 61.0 Å². The molecule has 0 bridgehead atoms. The summed E-state index contributed by atoms with van der Waals surface area (Å²) in [7, 11) is 1.27. The van der Waals surface area contributed by atoms with Crippen molar-refractivity contribution in [3.63, 3.8) is 0 Å². The summed E-state index contributed by atoms with van der Waals surface area (Å²) in [6.45, 7) is 3.92. The molecule has 0 saturated heterocycles. The van der Waals surface area contributed by atoms with Gasteiger partial charge in [0.25, 0.3) is 0 Å². The fourth-order valence-corrected chi connectivity index (χ4v) is 0.768. The molecular weight excluding hydrogens is 133 g/mol. The van der Waals surface area contributed by atoms with Gasteiger partial charge in [0.2, 0.25) is 0 Å². The normalized spacial score (nSPS) is 14.2. The predicted molar refractivity (Wildman–Crippen MR) is 38.2 cm³/mol. The van der Waals surface area contributed by atoms with Gasteiger partial charge in [-0.05, 0) is 12.3 Å². The predicted octanol–water partition coefficient (Wildman–Crippen LogP) is 1.42. The molecule has 0 radical (unpaired) electrons. The molecule has 0 rings (SSSR count). The molecule has 0 heterocycles. The minimum Gasteiger partial charge on any atom is -0.302 e. The van der Waals surface area contributed by atoms with E-state index in [9.17, 15) is 9.28 Å². The average Bonchev–Trinajstić information content (AvgIpc) is 1.81. The van der Waals surface area contributed by atoms with E-state index in [1.165, 1.54) is 7.05 Å². The number of aldehydes is 1. The number of nitrogens with zero attached hydrogens (tertiary/aromatic N) is 1. The molecule has 0 aliphatic rings. The molecule has 1 atom stereocenters. The third kappa shape index (κ3) is 3.56. The third-order valence-corrected chi connectivity index (χ3v) is 1.33. The Hall–Kier alpha value is -0.440. The van der Waals surface area contributed by atoms with E-state index in [2.05, 4.69) is 0 Å². The first kappa shape index (κ1) is 9.56. The van der Waals surface area contributed by atoms with Gasteiger partial charge >= 0.3 is 0 Å². The van der Waals surface area contributed by atoms with Crippen molar-refractivity contribution in [2.75, 3.05) is 7.05 Å². The van der Waals surface area contributed by atoms with Gasteiger partial charge in [-0.3, -0.25) is 0 Å². The van der Waals surface area contributed by atoms with Crippen molar-refractivity contribution < 1.29 is 9.28 Å². The topological polar surface area (TPSA) is 20.3 Å². The van der Waals surface area contributed by atoms with Gasteiger partial charge in [0.05, 0.1) is 6.04 Å². The molecule has 0 aromatic rings. The zero-order chi connectivity index (χ0) is 8.15. The Morgan fingerprint density at radius 3 is 2.20 bits per heavy atom. The number of hydrogen-bond acceptors (Lipinski definition) is 2. The summed E-state index contributed by atoms with van der Waals surface area (Å²) in [5.74, 6) is 0.355. The van der Waals surface area contributed by atoms with E-state index in [0.717, 1.165) is 0 Å². The van der Waals surface area contributed by atoms with Gasteiger partial charge in [-0.1, -0.05) is 13.8 Å². The van der Waals surface area contributed by atoms with Crippen molar-refractivity contribution in [1.82, 2.24) is 5.12 Å². The molecule has 0 fully saturated rings. The number of carbonyl (C=O) groups excluding carboxylic acids is 1. The lowest BCUT2D eigenvalue weighted by Gasteiger charge is -2.15. The smallest absolute Gasteiger partial charge is 0.139 e. The van der Waals surface area contributed by atoms with Crippen molar-refractivity contribution in [3.8, 4) is 0 Å². The monoisotopic (exact) mass is 147 g/mol. The van der Waals surface area contributed by atoms with E-state index < -0.39 is 6.04 Å². The molecule has 1 unspecified atom stereocenters. The molecule has 0 aliphatic heterocycles. The second-order valence-electron chi connectivity index (χ2n) is 2.86. The Balaban J connectivity index is 3.71. The first-order valence-corrected chi connectivity index (χ1v) is 3.41. The average molecular weight is 147 g/mol. The second-order valence-corrected chi connectivity index (χ2v) is 2.86. The molecular formula is C7H14FNO. The van der Waals surface area contributed by atoms with E-state index in [1.54, 1.807) is 0 Å². The highest BCUT2D eigenvalue weighted by Gasteiger charge is 2.13. The lowest BCUT2D eigenvalue weighted by molar-refractivity contribution is -0.118. The minimum absolute atomic E-state index is 0.355. The summed E-state index contributed by atoms with van der Waals surface area (Å²) in [6.07, 6.45) is 1.22. The third-order valence-electron chi connectivity index (χ3n) is 1.33. The zero-order valence-electron chi connectivity index (χ0n) is 6.67.